The van der Waals surface area contributed by atoms with Crippen LogP contribution in [0.4, 0.5) is 0 Å². The van der Waals surface area contributed by atoms with Crippen LogP contribution in [-0.4, -0.2) is 12.2 Å². The van der Waals surface area contributed by atoms with E-state index in [-0.39, 0.29) is 5.75 Å². The van der Waals surface area contributed by atoms with Crippen LogP contribution in [-0.2, 0) is 4.18 Å². The van der Waals surface area contributed by atoms with E-state index >= 15 is 0 Å². The average Bonchev–Trinajstić information content (AvgIpc) is 1.94. The summed E-state index contributed by atoms with van der Waals surface area (Å²) in [5.41, 5.74) is 0. The molecular weight excluding hydrogens is 148 g/mol. The molecule has 0 spiro atoms. The fourth-order valence-corrected chi connectivity index (χ4v) is 1.08. The van der Waals surface area contributed by atoms with E-state index in [1.54, 1.807) is 25.3 Å². The van der Waals surface area contributed by atoms with Gasteiger partial charge in [0.25, 0.3) is 0 Å². The zero-order chi connectivity index (χ0) is 7.40. The Morgan fingerprint density at radius 2 is 2.10 bits per heavy atom. The summed E-state index contributed by atoms with van der Waals surface area (Å²) in [5.74, 6) is 0.259. The normalized spacial score (nSPS) is 9.70. The number of para-hydroxylation sites is 1. The number of rotatable bonds is 2. The van der Waals surface area contributed by atoms with Crippen LogP contribution in [0.2, 0.25) is 0 Å². The van der Waals surface area contributed by atoms with Crippen molar-refractivity contribution in [3.63, 3.8) is 0 Å². The van der Waals surface area contributed by atoms with Crippen LogP contribution in [0, 0.1) is 0 Å². The predicted molar refractivity (Wildman–Crippen MR) is 41.0 cm³/mol. The number of benzene rings is 1. The maximum absolute atomic E-state index is 9.14. The summed E-state index contributed by atoms with van der Waals surface area (Å²) in [4.78, 5) is 0.741. The Hall–Kier alpha value is -0.670. The van der Waals surface area contributed by atoms with E-state index in [9.17, 15) is 0 Å². The molecule has 0 aromatic heterocycles. The lowest BCUT2D eigenvalue weighted by molar-refractivity contribution is 0.453. The van der Waals surface area contributed by atoms with Crippen molar-refractivity contribution in [1.82, 2.24) is 0 Å². The first-order valence-corrected chi connectivity index (χ1v) is 3.57. The van der Waals surface area contributed by atoms with Gasteiger partial charge < -0.3 is 9.29 Å². The Morgan fingerprint density at radius 1 is 1.40 bits per heavy atom. The molecule has 3 heteroatoms. The number of hydrogen-bond donors (Lipinski definition) is 1. The lowest BCUT2D eigenvalue weighted by Crippen LogP contribution is -1.72. The third-order valence-corrected chi connectivity index (χ3v) is 1.73. The van der Waals surface area contributed by atoms with Crippen LogP contribution in [0.1, 0.15) is 0 Å². The first-order chi connectivity index (χ1) is 4.84. The summed E-state index contributed by atoms with van der Waals surface area (Å²) in [7, 11) is 1.57. The molecule has 54 valence electrons. The molecule has 1 aromatic carbocycles. The van der Waals surface area contributed by atoms with Gasteiger partial charge in [0.15, 0.2) is 0 Å². The Morgan fingerprint density at radius 3 is 2.70 bits per heavy atom. The molecule has 0 bridgehead atoms. The average molecular weight is 156 g/mol. The van der Waals surface area contributed by atoms with Crippen LogP contribution in [0.25, 0.3) is 0 Å². The fraction of sp³-hybridized carbons (Fsp3) is 0.143. The van der Waals surface area contributed by atoms with Crippen LogP contribution >= 0.6 is 12.0 Å². The first-order valence-electron chi connectivity index (χ1n) is 2.83. The smallest absolute Gasteiger partial charge is 0.131 e. The molecule has 0 radical (unpaired) electrons. The van der Waals surface area contributed by atoms with Crippen molar-refractivity contribution in [2.45, 2.75) is 4.90 Å². The highest BCUT2D eigenvalue weighted by molar-refractivity contribution is 7.94. The highest BCUT2D eigenvalue weighted by Crippen LogP contribution is 2.27. The van der Waals surface area contributed by atoms with Crippen LogP contribution in [0.15, 0.2) is 29.2 Å². The second-order valence-electron chi connectivity index (χ2n) is 1.72. The monoisotopic (exact) mass is 156 g/mol. The van der Waals surface area contributed by atoms with Gasteiger partial charge in [-0.3, -0.25) is 0 Å². The maximum atomic E-state index is 9.14. The van der Waals surface area contributed by atoms with E-state index in [1.165, 1.54) is 0 Å². The standard InChI is InChI=1S/C7H8O2S/c1-9-10-7-5-3-2-4-6(7)8/h2-5,8H,1H3. The highest BCUT2D eigenvalue weighted by atomic mass is 32.2. The van der Waals surface area contributed by atoms with Gasteiger partial charge in [0, 0.05) is 12.0 Å². The van der Waals surface area contributed by atoms with Crippen LogP contribution in [0.5, 0.6) is 5.75 Å². The van der Waals surface area contributed by atoms with Gasteiger partial charge in [-0.15, -0.1) is 0 Å². The molecule has 0 saturated carbocycles. The van der Waals surface area contributed by atoms with Crippen LogP contribution < -0.4 is 0 Å². The quantitative estimate of drug-likeness (QED) is 0.664. The fourth-order valence-electron chi connectivity index (χ4n) is 0.617. The molecule has 0 heterocycles. The zero-order valence-corrected chi connectivity index (χ0v) is 6.39. The molecular formula is C7H8O2S. The lowest BCUT2D eigenvalue weighted by atomic mass is 10.3. The van der Waals surface area contributed by atoms with Crippen molar-refractivity contribution in [2.75, 3.05) is 7.11 Å². The predicted octanol–water partition coefficient (Wildman–Crippen LogP) is 2.05. The van der Waals surface area contributed by atoms with E-state index in [0.717, 1.165) is 16.9 Å². The number of aromatic hydroxyl groups is 1. The summed E-state index contributed by atoms with van der Waals surface area (Å²) in [5, 5.41) is 9.14. The molecule has 0 atom stereocenters. The van der Waals surface area contributed by atoms with Crippen molar-refractivity contribution < 1.29 is 9.29 Å². The summed E-state index contributed by atoms with van der Waals surface area (Å²) < 4.78 is 4.77. The number of phenols is 1. The van der Waals surface area contributed by atoms with Crippen LogP contribution in [0.3, 0.4) is 0 Å². The molecule has 0 saturated heterocycles. The Kier molecular flexibility index (Phi) is 2.59. The summed E-state index contributed by atoms with van der Waals surface area (Å²) in [6.45, 7) is 0. The number of hydrogen-bond acceptors (Lipinski definition) is 3. The van der Waals surface area contributed by atoms with Crippen molar-refractivity contribution in [3.05, 3.63) is 24.3 Å². The van der Waals surface area contributed by atoms with Gasteiger partial charge in [-0.1, -0.05) is 12.1 Å². The largest absolute Gasteiger partial charge is 0.507 e. The minimum atomic E-state index is 0.259. The lowest BCUT2D eigenvalue weighted by Gasteiger charge is -1.98. The van der Waals surface area contributed by atoms with Gasteiger partial charge in [0.05, 0.1) is 12.0 Å². The highest BCUT2D eigenvalue weighted by Gasteiger charge is 1.97. The van der Waals surface area contributed by atoms with E-state index in [1.807, 2.05) is 6.07 Å². The molecule has 0 fully saturated rings. The van der Waals surface area contributed by atoms with Crippen molar-refractivity contribution in [1.29, 1.82) is 0 Å². The second-order valence-corrected chi connectivity index (χ2v) is 2.66. The molecule has 1 aromatic rings. The van der Waals surface area contributed by atoms with Crippen molar-refractivity contribution in [2.24, 2.45) is 0 Å². The van der Waals surface area contributed by atoms with Crippen molar-refractivity contribution in [3.8, 4) is 5.75 Å². The van der Waals surface area contributed by atoms with Gasteiger partial charge in [-0.2, -0.15) is 0 Å². The molecule has 1 N–H and O–H groups in total. The molecule has 0 amide bonds. The molecule has 0 aliphatic heterocycles. The van der Waals surface area contributed by atoms with E-state index in [0.29, 0.717) is 0 Å². The van der Waals surface area contributed by atoms with E-state index < -0.39 is 0 Å². The molecule has 2 nitrogen and oxygen atoms in total. The van der Waals surface area contributed by atoms with Gasteiger partial charge in [-0.05, 0) is 12.1 Å². The van der Waals surface area contributed by atoms with E-state index in [2.05, 4.69) is 0 Å². The minimum absolute atomic E-state index is 0.259. The topological polar surface area (TPSA) is 29.5 Å². The molecule has 0 unspecified atom stereocenters. The van der Waals surface area contributed by atoms with E-state index in [4.69, 9.17) is 9.29 Å². The van der Waals surface area contributed by atoms with Gasteiger partial charge in [-0.25, -0.2) is 0 Å². The second kappa shape index (κ2) is 3.49. The molecule has 0 aliphatic rings. The zero-order valence-electron chi connectivity index (χ0n) is 5.57. The summed E-state index contributed by atoms with van der Waals surface area (Å²) in [6, 6.07) is 7.04. The van der Waals surface area contributed by atoms with Crippen molar-refractivity contribution >= 4 is 12.0 Å². The molecule has 10 heavy (non-hydrogen) atoms. The summed E-state index contributed by atoms with van der Waals surface area (Å²) in [6.07, 6.45) is 0. The first kappa shape index (κ1) is 7.44. The van der Waals surface area contributed by atoms with Gasteiger partial charge >= 0.3 is 0 Å². The third kappa shape index (κ3) is 1.65. The Bertz CT molecular complexity index is 213. The SMILES string of the molecule is COSc1ccccc1O. The summed E-state index contributed by atoms with van der Waals surface area (Å²) >= 11 is 1.15. The minimum Gasteiger partial charge on any atom is -0.507 e. The Labute approximate surface area is 64.0 Å². The van der Waals surface area contributed by atoms with Gasteiger partial charge in [0.2, 0.25) is 0 Å². The molecule has 1 rings (SSSR count). The maximum Gasteiger partial charge on any atom is 0.131 e. The third-order valence-electron chi connectivity index (χ3n) is 1.04. The Balaban J connectivity index is 2.81. The van der Waals surface area contributed by atoms with Gasteiger partial charge in [0.1, 0.15) is 5.75 Å². The molecule has 0 aliphatic carbocycles. The number of phenolic OH excluding ortho intramolecular Hbond substituents is 1.